The summed E-state index contributed by atoms with van der Waals surface area (Å²) in [4.78, 5) is 39.3. The van der Waals surface area contributed by atoms with Gasteiger partial charge in [0.15, 0.2) is 0 Å². The predicted molar refractivity (Wildman–Crippen MR) is 124 cm³/mol. The summed E-state index contributed by atoms with van der Waals surface area (Å²) >= 11 is 0. The molecule has 2 rings (SSSR count). The van der Waals surface area contributed by atoms with E-state index in [1.807, 2.05) is 25.7 Å². The SMILES string of the molecule is CCOC(=O)CNCCNC(=O)N1CCC(OCC2CCN(C(=O)OC(C)(C)C)CC2)CC1. The summed E-state index contributed by atoms with van der Waals surface area (Å²) in [6, 6.07) is -0.0825. The fourth-order valence-corrected chi connectivity index (χ4v) is 3.88. The molecule has 190 valence electrons. The highest BCUT2D eigenvalue weighted by Crippen LogP contribution is 2.22. The van der Waals surface area contributed by atoms with Crippen molar-refractivity contribution in [2.45, 2.75) is 65.1 Å². The molecule has 2 aliphatic rings. The normalized spacial score (nSPS) is 18.2. The number of hydrogen-bond acceptors (Lipinski definition) is 7. The van der Waals surface area contributed by atoms with E-state index >= 15 is 0 Å². The van der Waals surface area contributed by atoms with E-state index in [-0.39, 0.29) is 30.7 Å². The molecule has 0 bridgehead atoms. The van der Waals surface area contributed by atoms with E-state index in [2.05, 4.69) is 10.6 Å². The molecule has 0 aromatic heterocycles. The summed E-state index contributed by atoms with van der Waals surface area (Å²) < 4.78 is 16.4. The van der Waals surface area contributed by atoms with Crippen LogP contribution in [0.2, 0.25) is 0 Å². The van der Waals surface area contributed by atoms with Crippen LogP contribution < -0.4 is 10.6 Å². The molecule has 2 N–H and O–H groups in total. The lowest BCUT2D eigenvalue weighted by Crippen LogP contribution is -2.47. The quantitative estimate of drug-likeness (QED) is 0.392. The fourth-order valence-electron chi connectivity index (χ4n) is 3.88. The zero-order chi connectivity index (χ0) is 24.3. The van der Waals surface area contributed by atoms with Gasteiger partial charge in [0.1, 0.15) is 5.60 Å². The number of rotatable bonds is 9. The van der Waals surface area contributed by atoms with Crippen LogP contribution >= 0.6 is 0 Å². The van der Waals surface area contributed by atoms with Gasteiger partial charge in [-0.25, -0.2) is 9.59 Å². The Bertz CT molecular complexity index is 623. The van der Waals surface area contributed by atoms with Crippen LogP contribution in [-0.2, 0) is 19.0 Å². The third kappa shape index (κ3) is 10.6. The van der Waals surface area contributed by atoms with Crippen molar-refractivity contribution in [3.8, 4) is 0 Å². The first-order chi connectivity index (χ1) is 15.7. The van der Waals surface area contributed by atoms with Crippen molar-refractivity contribution >= 4 is 18.1 Å². The number of ether oxygens (including phenoxy) is 3. The standard InChI is InChI=1S/C23H42N4O6/c1-5-31-20(28)16-24-10-11-25-21(29)26-14-8-19(9-15-26)32-17-18-6-12-27(13-7-18)22(30)33-23(2,3)4/h18-19,24H,5-17H2,1-4H3,(H,25,29). The number of urea groups is 1. The molecule has 2 aliphatic heterocycles. The van der Waals surface area contributed by atoms with Crippen molar-refractivity contribution < 1.29 is 28.6 Å². The van der Waals surface area contributed by atoms with Crippen molar-refractivity contribution in [2.24, 2.45) is 5.92 Å². The van der Waals surface area contributed by atoms with Crippen LogP contribution in [0, 0.1) is 5.92 Å². The highest BCUT2D eigenvalue weighted by Gasteiger charge is 2.28. The highest BCUT2D eigenvalue weighted by molar-refractivity contribution is 5.74. The summed E-state index contributed by atoms with van der Waals surface area (Å²) in [6.07, 6.45) is 3.43. The summed E-state index contributed by atoms with van der Waals surface area (Å²) in [5.74, 6) is 0.159. The van der Waals surface area contributed by atoms with E-state index < -0.39 is 5.60 Å². The second kappa shape index (κ2) is 13.6. The molecule has 2 heterocycles. The average Bonchev–Trinajstić information content (AvgIpc) is 2.77. The molecule has 0 atom stereocenters. The minimum Gasteiger partial charge on any atom is -0.465 e. The van der Waals surface area contributed by atoms with Crippen LogP contribution in [0.3, 0.4) is 0 Å². The molecular weight excluding hydrogens is 428 g/mol. The molecule has 0 aliphatic carbocycles. The van der Waals surface area contributed by atoms with E-state index in [1.165, 1.54) is 0 Å². The van der Waals surface area contributed by atoms with Crippen molar-refractivity contribution in [1.82, 2.24) is 20.4 Å². The fraction of sp³-hybridized carbons (Fsp3) is 0.870. The lowest BCUT2D eigenvalue weighted by Gasteiger charge is -2.35. The minimum absolute atomic E-state index is 0.0825. The van der Waals surface area contributed by atoms with E-state index in [0.717, 1.165) is 25.7 Å². The number of amides is 3. The molecule has 2 saturated heterocycles. The number of likely N-dealkylation sites (tertiary alicyclic amines) is 2. The summed E-state index contributed by atoms with van der Waals surface area (Å²) in [6.45, 7) is 12.3. The maximum absolute atomic E-state index is 12.3. The number of esters is 1. The Balaban J connectivity index is 1.54. The van der Waals surface area contributed by atoms with Gasteiger partial charge in [-0.3, -0.25) is 4.79 Å². The summed E-state index contributed by atoms with van der Waals surface area (Å²) in [7, 11) is 0. The number of carbonyl (C=O) groups is 3. The Kier molecular flexibility index (Phi) is 11.2. The van der Waals surface area contributed by atoms with Gasteiger partial charge in [0, 0.05) is 45.9 Å². The van der Waals surface area contributed by atoms with Crippen LogP contribution in [0.1, 0.15) is 53.4 Å². The summed E-state index contributed by atoms with van der Waals surface area (Å²) in [5.41, 5.74) is -0.468. The topological polar surface area (TPSA) is 109 Å². The summed E-state index contributed by atoms with van der Waals surface area (Å²) in [5, 5.41) is 5.82. The number of carbonyl (C=O) groups excluding carboxylic acids is 3. The van der Waals surface area contributed by atoms with Gasteiger partial charge in [-0.15, -0.1) is 0 Å². The molecule has 2 fully saturated rings. The van der Waals surface area contributed by atoms with E-state index in [4.69, 9.17) is 14.2 Å². The number of nitrogens with one attached hydrogen (secondary N) is 2. The largest absolute Gasteiger partial charge is 0.465 e. The number of hydrogen-bond donors (Lipinski definition) is 2. The lowest BCUT2D eigenvalue weighted by molar-refractivity contribution is -0.141. The molecular formula is C23H42N4O6. The van der Waals surface area contributed by atoms with Crippen molar-refractivity contribution in [3.05, 3.63) is 0 Å². The van der Waals surface area contributed by atoms with Crippen LogP contribution in [0.4, 0.5) is 9.59 Å². The Morgan fingerprint density at radius 2 is 1.58 bits per heavy atom. The van der Waals surface area contributed by atoms with E-state index in [0.29, 0.717) is 58.4 Å². The first kappa shape index (κ1) is 27.2. The van der Waals surface area contributed by atoms with Gasteiger partial charge in [0.05, 0.1) is 19.3 Å². The van der Waals surface area contributed by atoms with Crippen molar-refractivity contribution in [1.29, 1.82) is 0 Å². The van der Waals surface area contributed by atoms with Crippen LogP contribution in [0.25, 0.3) is 0 Å². The van der Waals surface area contributed by atoms with E-state index in [9.17, 15) is 14.4 Å². The second-order valence-corrected chi connectivity index (χ2v) is 9.64. The van der Waals surface area contributed by atoms with Gasteiger partial charge in [0.25, 0.3) is 0 Å². The monoisotopic (exact) mass is 470 g/mol. The third-order valence-electron chi connectivity index (χ3n) is 5.72. The van der Waals surface area contributed by atoms with E-state index in [1.54, 1.807) is 11.8 Å². The Morgan fingerprint density at radius 1 is 0.939 bits per heavy atom. The molecule has 3 amide bonds. The molecule has 0 aromatic carbocycles. The van der Waals surface area contributed by atoms with Gasteiger partial charge in [-0.1, -0.05) is 0 Å². The Hall–Kier alpha value is -2.07. The molecule has 33 heavy (non-hydrogen) atoms. The predicted octanol–water partition coefficient (Wildman–Crippen LogP) is 1.98. The minimum atomic E-state index is -0.468. The number of piperidine rings is 2. The molecule has 0 radical (unpaired) electrons. The molecule has 0 saturated carbocycles. The van der Waals surface area contributed by atoms with Crippen LogP contribution in [-0.4, -0.2) is 98.6 Å². The van der Waals surface area contributed by atoms with Gasteiger partial charge in [-0.05, 0) is 59.3 Å². The molecule has 10 heteroatoms. The van der Waals surface area contributed by atoms with Gasteiger partial charge >= 0.3 is 18.1 Å². The smallest absolute Gasteiger partial charge is 0.410 e. The molecule has 0 spiro atoms. The Labute approximate surface area is 197 Å². The average molecular weight is 471 g/mol. The van der Waals surface area contributed by atoms with Crippen LogP contribution in [0.5, 0.6) is 0 Å². The van der Waals surface area contributed by atoms with Crippen LogP contribution in [0.15, 0.2) is 0 Å². The molecule has 0 aromatic rings. The zero-order valence-corrected chi connectivity index (χ0v) is 20.7. The first-order valence-electron chi connectivity index (χ1n) is 12.2. The van der Waals surface area contributed by atoms with Crippen molar-refractivity contribution in [3.63, 3.8) is 0 Å². The second-order valence-electron chi connectivity index (χ2n) is 9.64. The lowest BCUT2D eigenvalue weighted by atomic mass is 9.98. The Morgan fingerprint density at radius 3 is 2.18 bits per heavy atom. The number of nitrogens with zero attached hydrogens (tertiary/aromatic N) is 2. The maximum Gasteiger partial charge on any atom is 0.410 e. The third-order valence-corrected chi connectivity index (χ3v) is 5.72. The zero-order valence-electron chi connectivity index (χ0n) is 20.7. The maximum atomic E-state index is 12.3. The molecule has 10 nitrogen and oxygen atoms in total. The highest BCUT2D eigenvalue weighted by atomic mass is 16.6. The first-order valence-corrected chi connectivity index (χ1v) is 12.2. The van der Waals surface area contributed by atoms with Gasteiger partial charge < -0.3 is 34.6 Å². The molecule has 0 unspecified atom stereocenters. The van der Waals surface area contributed by atoms with Crippen molar-refractivity contribution in [2.75, 3.05) is 59.0 Å². The van der Waals surface area contributed by atoms with Gasteiger partial charge in [-0.2, -0.15) is 0 Å². The van der Waals surface area contributed by atoms with Gasteiger partial charge in [0.2, 0.25) is 0 Å².